The van der Waals surface area contributed by atoms with Gasteiger partial charge in [-0.25, -0.2) is 13.4 Å². The van der Waals surface area contributed by atoms with Gasteiger partial charge in [0.2, 0.25) is 10.0 Å². The van der Waals surface area contributed by atoms with Gasteiger partial charge in [-0.15, -0.1) is 11.3 Å². The number of carbonyl (C=O) groups excluding carboxylic acids is 1. The van der Waals surface area contributed by atoms with Crippen LogP contribution in [0.1, 0.15) is 5.69 Å². The number of nitrogens with zero attached hydrogens (tertiary/aromatic N) is 2. The third-order valence-electron chi connectivity index (χ3n) is 1.60. The van der Waals surface area contributed by atoms with Gasteiger partial charge >= 0.3 is 5.97 Å². The second-order valence-electron chi connectivity index (χ2n) is 2.92. The first-order valence-corrected chi connectivity index (χ1v) is 6.88. The van der Waals surface area contributed by atoms with Crippen molar-refractivity contribution in [2.24, 2.45) is 0 Å². The van der Waals surface area contributed by atoms with Crippen molar-refractivity contribution in [2.45, 2.75) is 6.42 Å². The molecule has 0 saturated carbocycles. The first kappa shape index (κ1) is 13.4. The number of carbonyl (C=O) groups is 1. The first-order chi connectivity index (χ1) is 7.96. The number of ether oxygens (including phenoxy) is 1. The Morgan fingerprint density at radius 1 is 1.71 bits per heavy atom. The van der Waals surface area contributed by atoms with Gasteiger partial charge in [-0.05, 0) is 0 Å². The molecule has 92 valence electrons. The maximum absolute atomic E-state index is 11.2. The number of nitriles is 1. The predicted molar refractivity (Wildman–Crippen MR) is 60.9 cm³/mol. The summed E-state index contributed by atoms with van der Waals surface area (Å²) >= 11 is 1.04. The van der Waals surface area contributed by atoms with Gasteiger partial charge in [0.1, 0.15) is 0 Å². The van der Waals surface area contributed by atoms with Crippen LogP contribution in [0.4, 0.5) is 5.13 Å². The number of sulfonamides is 1. The molecule has 1 N–H and O–H groups in total. The van der Waals surface area contributed by atoms with Crippen molar-refractivity contribution in [2.75, 3.05) is 17.6 Å². The Balaban J connectivity index is 2.70. The van der Waals surface area contributed by atoms with Crippen LogP contribution in [0.3, 0.4) is 0 Å². The minimum Gasteiger partial charge on any atom is -0.469 e. The normalized spacial score (nSPS) is 10.6. The van der Waals surface area contributed by atoms with Crippen molar-refractivity contribution in [3.05, 3.63) is 11.1 Å². The molecule has 1 aromatic heterocycles. The Bertz CT molecular complexity index is 543. The second kappa shape index (κ2) is 5.60. The Morgan fingerprint density at radius 3 is 3.00 bits per heavy atom. The lowest BCUT2D eigenvalue weighted by Gasteiger charge is -1.99. The fraction of sp³-hybridized carbons (Fsp3) is 0.375. The molecule has 9 heteroatoms. The fourth-order valence-electron chi connectivity index (χ4n) is 0.909. The van der Waals surface area contributed by atoms with Gasteiger partial charge in [0.05, 0.1) is 25.3 Å². The number of esters is 1. The zero-order chi connectivity index (χ0) is 12.9. The van der Waals surface area contributed by atoms with Crippen molar-refractivity contribution >= 4 is 32.5 Å². The first-order valence-electron chi connectivity index (χ1n) is 4.35. The average molecular weight is 275 g/mol. The quantitative estimate of drug-likeness (QED) is 0.765. The molecule has 0 amide bonds. The SMILES string of the molecule is COC(=O)Cc1csc(NS(=O)(=O)CC#N)n1. The van der Waals surface area contributed by atoms with Crippen LogP contribution in [0.5, 0.6) is 0 Å². The van der Waals surface area contributed by atoms with E-state index in [1.165, 1.54) is 13.2 Å². The molecule has 0 aliphatic carbocycles. The van der Waals surface area contributed by atoms with Gasteiger partial charge in [0, 0.05) is 5.38 Å². The van der Waals surface area contributed by atoms with Crippen LogP contribution in [0.15, 0.2) is 5.38 Å². The van der Waals surface area contributed by atoms with E-state index in [1.807, 2.05) is 0 Å². The van der Waals surface area contributed by atoms with Gasteiger partial charge in [0.25, 0.3) is 0 Å². The lowest BCUT2D eigenvalue weighted by molar-refractivity contribution is -0.139. The number of nitrogens with one attached hydrogen (secondary N) is 1. The van der Waals surface area contributed by atoms with Crippen LogP contribution in [0.2, 0.25) is 0 Å². The number of thiazole rings is 1. The van der Waals surface area contributed by atoms with Crippen molar-refractivity contribution in [3.8, 4) is 6.07 Å². The van der Waals surface area contributed by atoms with E-state index in [0.29, 0.717) is 5.69 Å². The summed E-state index contributed by atoms with van der Waals surface area (Å²) in [6.45, 7) is 0. The van der Waals surface area contributed by atoms with E-state index < -0.39 is 21.7 Å². The molecule has 0 saturated heterocycles. The molecule has 0 radical (unpaired) electrons. The van der Waals surface area contributed by atoms with Crippen LogP contribution in [0, 0.1) is 11.3 Å². The summed E-state index contributed by atoms with van der Waals surface area (Å²) in [6.07, 6.45) is -0.0209. The van der Waals surface area contributed by atoms with Crippen molar-refractivity contribution in [3.63, 3.8) is 0 Å². The van der Waals surface area contributed by atoms with Crippen LogP contribution < -0.4 is 4.72 Å². The maximum Gasteiger partial charge on any atom is 0.311 e. The van der Waals surface area contributed by atoms with E-state index in [1.54, 1.807) is 5.38 Å². The molecule has 17 heavy (non-hydrogen) atoms. The van der Waals surface area contributed by atoms with Crippen molar-refractivity contribution < 1.29 is 17.9 Å². The molecule has 0 spiro atoms. The molecule has 1 aromatic rings. The van der Waals surface area contributed by atoms with Crippen LogP contribution in [0.25, 0.3) is 0 Å². The number of anilines is 1. The molecule has 1 heterocycles. The summed E-state index contributed by atoms with van der Waals surface area (Å²) in [5.41, 5.74) is 0.413. The molecule has 0 bridgehead atoms. The maximum atomic E-state index is 11.2. The highest BCUT2D eigenvalue weighted by molar-refractivity contribution is 7.93. The highest BCUT2D eigenvalue weighted by Gasteiger charge is 2.13. The molecular weight excluding hydrogens is 266 g/mol. The van der Waals surface area contributed by atoms with E-state index in [9.17, 15) is 13.2 Å². The predicted octanol–water partition coefficient (Wildman–Crippen LogP) is 0.124. The summed E-state index contributed by atoms with van der Waals surface area (Å²) in [7, 11) is -2.43. The Labute approximate surface area is 102 Å². The van der Waals surface area contributed by atoms with Gasteiger partial charge in [-0.3, -0.25) is 9.52 Å². The monoisotopic (exact) mass is 275 g/mol. The largest absolute Gasteiger partial charge is 0.469 e. The Kier molecular flexibility index (Phi) is 4.42. The van der Waals surface area contributed by atoms with Gasteiger partial charge < -0.3 is 4.74 Å². The number of aromatic nitrogens is 1. The molecule has 0 aromatic carbocycles. The van der Waals surface area contributed by atoms with E-state index in [-0.39, 0.29) is 11.6 Å². The summed E-state index contributed by atoms with van der Waals surface area (Å²) in [6, 6.07) is 1.53. The zero-order valence-corrected chi connectivity index (χ0v) is 10.5. The fourth-order valence-corrected chi connectivity index (χ4v) is 2.59. The summed E-state index contributed by atoms with van der Waals surface area (Å²) in [5, 5.41) is 9.96. The summed E-state index contributed by atoms with van der Waals surface area (Å²) in [5.74, 6) is -1.10. The molecule has 0 unspecified atom stereocenters. The molecule has 0 fully saturated rings. The number of rotatable bonds is 5. The van der Waals surface area contributed by atoms with E-state index >= 15 is 0 Å². The van der Waals surface area contributed by atoms with Crippen LogP contribution in [-0.2, 0) is 26.0 Å². The molecule has 0 aliphatic rings. The standard InChI is InChI=1S/C8H9N3O4S2/c1-15-7(12)4-6-5-16-8(10-6)11-17(13,14)3-2-9/h5H,3-4H2,1H3,(H,10,11). The second-order valence-corrected chi connectivity index (χ2v) is 5.50. The van der Waals surface area contributed by atoms with Crippen molar-refractivity contribution in [1.82, 2.24) is 4.98 Å². The molecule has 7 nitrogen and oxygen atoms in total. The zero-order valence-electron chi connectivity index (χ0n) is 8.84. The van der Waals surface area contributed by atoms with Crippen LogP contribution in [-0.4, -0.2) is 32.2 Å². The smallest absolute Gasteiger partial charge is 0.311 e. The number of hydrogen-bond donors (Lipinski definition) is 1. The minimum absolute atomic E-state index is 0.0209. The van der Waals surface area contributed by atoms with Crippen molar-refractivity contribution in [1.29, 1.82) is 5.26 Å². The highest BCUT2D eigenvalue weighted by Crippen LogP contribution is 2.17. The number of hydrogen-bond acceptors (Lipinski definition) is 7. The summed E-state index contributed by atoms with van der Waals surface area (Å²) in [4.78, 5) is 14.8. The van der Waals surface area contributed by atoms with Gasteiger partial charge in [-0.2, -0.15) is 5.26 Å². The topological polar surface area (TPSA) is 109 Å². The lowest BCUT2D eigenvalue weighted by atomic mass is 10.3. The van der Waals surface area contributed by atoms with Gasteiger partial charge in [0.15, 0.2) is 10.9 Å². The van der Waals surface area contributed by atoms with Crippen LogP contribution >= 0.6 is 11.3 Å². The van der Waals surface area contributed by atoms with E-state index in [2.05, 4.69) is 14.4 Å². The van der Waals surface area contributed by atoms with E-state index in [4.69, 9.17) is 5.26 Å². The summed E-state index contributed by atoms with van der Waals surface area (Å²) < 4.78 is 29.0. The lowest BCUT2D eigenvalue weighted by Crippen LogP contribution is -2.15. The molecule has 0 aliphatic heterocycles. The average Bonchev–Trinajstić information content (AvgIpc) is 2.64. The molecule has 1 rings (SSSR count). The third-order valence-corrected chi connectivity index (χ3v) is 3.55. The van der Waals surface area contributed by atoms with E-state index in [0.717, 1.165) is 11.3 Å². The highest BCUT2D eigenvalue weighted by atomic mass is 32.2. The molecule has 0 atom stereocenters. The molecular formula is C8H9N3O4S2. The Hall–Kier alpha value is -1.66. The van der Waals surface area contributed by atoms with Gasteiger partial charge in [-0.1, -0.05) is 0 Å². The number of methoxy groups -OCH3 is 1. The Morgan fingerprint density at radius 2 is 2.41 bits per heavy atom. The third kappa shape index (κ3) is 4.38. The minimum atomic E-state index is -3.68.